The average molecular weight is 833 g/mol. The van der Waals surface area contributed by atoms with Gasteiger partial charge in [0.25, 0.3) is 0 Å². The Labute approximate surface area is 346 Å². The smallest absolute Gasteiger partial charge is 0.160 e. The van der Waals surface area contributed by atoms with Gasteiger partial charge in [-0.1, -0.05) is 130 Å². The highest BCUT2D eigenvalue weighted by Crippen LogP contribution is 2.70. The molecule has 2 aliphatic rings. The molecular weight excluding hydrogens is 777 g/mol. The van der Waals surface area contributed by atoms with Crippen LogP contribution in [0.1, 0.15) is 198 Å². The van der Waals surface area contributed by atoms with Crippen molar-refractivity contribution in [2.75, 3.05) is 0 Å². The first-order valence-corrected chi connectivity index (χ1v) is 26.0. The van der Waals surface area contributed by atoms with Gasteiger partial charge in [-0.2, -0.15) is 0 Å². The van der Waals surface area contributed by atoms with E-state index in [1.54, 1.807) is 64.1 Å². The monoisotopic (exact) mass is 832 g/mol. The molecule has 2 nitrogen and oxygen atoms in total. The van der Waals surface area contributed by atoms with Crippen LogP contribution >= 0.6 is 68.0 Å². The summed E-state index contributed by atoms with van der Waals surface area (Å²) in [4.78, 5) is 32.2. The SMILES string of the molecule is CCCCCCC1(CCCCCC)c2c(sc3cc(C=O)sc23)-c2sc3c4c(sc3c21)-c1sc2cc(C=O)sc2c1C4(CCCCCC)CCCCCC. The molecular formula is C46H56O2S6. The maximum absolute atomic E-state index is 12.1. The molecule has 0 aliphatic heterocycles. The second-order valence-electron chi connectivity index (χ2n) is 16.2. The first kappa shape index (κ1) is 39.2. The summed E-state index contributed by atoms with van der Waals surface area (Å²) in [6.45, 7) is 9.32. The molecule has 0 N–H and O–H groups in total. The Morgan fingerprint density at radius 2 is 0.722 bits per heavy atom. The summed E-state index contributed by atoms with van der Waals surface area (Å²) < 4.78 is 8.63. The van der Waals surface area contributed by atoms with Gasteiger partial charge in [0.2, 0.25) is 0 Å². The lowest BCUT2D eigenvalue weighted by Gasteiger charge is -2.33. The Morgan fingerprint density at radius 3 is 1.04 bits per heavy atom. The van der Waals surface area contributed by atoms with Gasteiger partial charge in [-0.25, -0.2) is 0 Å². The van der Waals surface area contributed by atoms with E-state index in [-0.39, 0.29) is 10.8 Å². The molecule has 0 bridgehead atoms. The second kappa shape index (κ2) is 16.7. The predicted octanol–water partition coefficient (Wildman–Crippen LogP) is 17.6. The van der Waals surface area contributed by atoms with E-state index >= 15 is 0 Å². The molecule has 0 amide bonds. The maximum atomic E-state index is 12.1. The summed E-state index contributed by atoms with van der Waals surface area (Å²) in [5.74, 6) is 0. The lowest BCUT2D eigenvalue weighted by Crippen LogP contribution is -2.26. The van der Waals surface area contributed by atoms with Gasteiger partial charge in [-0.15, -0.1) is 68.0 Å². The topological polar surface area (TPSA) is 34.1 Å². The molecule has 6 aromatic rings. The lowest BCUT2D eigenvalue weighted by atomic mass is 9.70. The minimum atomic E-state index is 0.00858. The normalized spacial score (nSPS) is 15.1. The fourth-order valence-corrected chi connectivity index (χ4v) is 19.0. The van der Waals surface area contributed by atoms with E-state index in [0.29, 0.717) is 0 Å². The Bertz CT molecular complexity index is 2080. The molecule has 6 aromatic heterocycles. The van der Waals surface area contributed by atoms with E-state index < -0.39 is 0 Å². The average Bonchev–Trinajstić information content (AvgIpc) is 4.03. The number of rotatable bonds is 22. The van der Waals surface area contributed by atoms with Crippen LogP contribution in [0.3, 0.4) is 0 Å². The van der Waals surface area contributed by atoms with Crippen LogP contribution in [-0.4, -0.2) is 12.6 Å². The molecule has 2 aliphatic carbocycles. The van der Waals surface area contributed by atoms with Crippen molar-refractivity contribution in [1.29, 1.82) is 0 Å². The molecule has 0 spiro atoms. The van der Waals surface area contributed by atoms with Crippen LogP contribution in [0, 0.1) is 0 Å². The van der Waals surface area contributed by atoms with Crippen molar-refractivity contribution < 1.29 is 9.59 Å². The largest absolute Gasteiger partial charge is 0.297 e. The van der Waals surface area contributed by atoms with Crippen LogP contribution in [0.4, 0.5) is 0 Å². The molecule has 8 heteroatoms. The van der Waals surface area contributed by atoms with Crippen molar-refractivity contribution >= 4 is 109 Å². The fourth-order valence-electron chi connectivity index (χ4n) is 10.2. The van der Waals surface area contributed by atoms with Crippen LogP contribution in [0.2, 0.25) is 0 Å². The zero-order valence-electron chi connectivity index (χ0n) is 32.7. The van der Waals surface area contributed by atoms with Gasteiger partial charge in [-0.05, 0) is 37.8 Å². The highest BCUT2D eigenvalue weighted by Gasteiger charge is 2.53. The van der Waals surface area contributed by atoms with E-state index in [1.807, 2.05) is 22.7 Å². The van der Waals surface area contributed by atoms with E-state index in [0.717, 1.165) is 22.3 Å². The number of fused-ring (bicyclic) bond motifs is 13. The molecule has 288 valence electrons. The van der Waals surface area contributed by atoms with Crippen molar-refractivity contribution in [3.63, 3.8) is 0 Å². The van der Waals surface area contributed by atoms with Gasteiger partial charge in [0, 0.05) is 42.5 Å². The van der Waals surface area contributed by atoms with Crippen LogP contribution < -0.4 is 0 Å². The minimum Gasteiger partial charge on any atom is -0.297 e. The molecule has 0 fully saturated rings. The molecule has 0 aromatic carbocycles. The molecule has 54 heavy (non-hydrogen) atoms. The van der Waals surface area contributed by atoms with E-state index in [1.165, 1.54) is 157 Å². The number of aldehydes is 2. The molecule has 6 heterocycles. The summed E-state index contributed by atoms with van der Waals surface area (Å²) in [7, 11) is 0. The number of carbonyl (C=O) groups excluding carboxylic acids is 2. The number of hydrogen-bond acceptors (Lipinski definition) is 8. The summed E-state index contributed by atoms with van der Waals surface area (Å²) in [6, 6.07) is 4.36. The van der Waals surface area contributed by atoms with Crippen molar-refractivity contribution in [1.82, 2.24) is 0 Å². The molecule has 0 unspecified atom stereocenters. The summed E-state index contributed by atoms with van der Waals surface area (Å²) in [5, 5.41) is 0. The molecule has 0 saturated heterocycles. The predicted molar refractivity (Wildman–Crippen MR) is 244 cm³/mol. The Hall–Kier alpha value is -1.68. The van der Waals surface area contributed by atoms with Gasteiger partial charge < -0.3 is 0 Å². The molecule has 0 radical (unpaired) electrons. The maximum Gasteiger partial charge on any atom is 0.160 e. The van der Waals surface area contributed by atoms with Crippen molar-refractivity contribution in [2.24, 2.45) is 0 Å². The zero-order valence-corrected chi connectivity index (χ0v) is 37.6. The van der Waals surface area contributed by atoms with Crippen molar-refractivity contribution in [3.8, 4) is 19.5 Å². The zero-order chi connectivity index (χ0) is 37.5. The van der Waals surface area contributed by atoms with E-state index in [9.17, 15) is 9.59 Å². The van der Waals surface area contributed by atoms with Gasteiger partial charge >= 0.3 is 0 Å². The highest BCUT2D eigenvalue weighted by molar-refractivity contribution is 7.37. The summed E-state index contributed by atoms with van der Waals surface area (Å²) >= 11 is 11.8. The third-order valence-corrected chi connectivity index (χ3v) is 20.2. The first-order valence-electron chi connectivity index (χ1n) is 21.1. The summed E-state index contributed by atoms with van der Waals surface area (Å²) in [5.41, 5.74) is 6.55. The number of hydrogen-bond donors (Lipinski definition) is 0. The van der Waals surface area contributed by atoms with Gasteiger partial charge in [0.05, 0.1) is 48.1 Å². The quantitative estimate of drug-likeness (QED) is 0.0504. The standard InChI is InChI=1S/C46H56O2S6/c1-5-9-13-17-21-45(22-18-14-10-6-2)33-37-31(25-29(27-47)49-37)51-39(33)41-35(45)43-44(53-41)36-42(54-43)40-34(38-32(52-40)26-30(28-48)50-38)46(36,23-19-15-11-7-3)24-20-16-12-8-4/h25-28H,5-24H2,1-4H3. The van der Waals surface area contributed by atoms with Gasteiger partial charge in [0.15, 0.2) is 12.6 Å². The van der Waals surface area contributed by atoms with Crippen LogP contribution in [0.5, 0.6) is 0 Å². The third kappa shape index (κ3) is 6.40. The Kier molecular flexibility index (Phi) is 12.1. The number of unbranched alkanes of at least 4 members (excludes halogenated alkanes) is 12. The lowest BCUT2D eigenvalue weighted by molar-refractivity contribution is 0.111. The van der Waals surface area contributed by atoms with Gasteiger partial charge in [-0.3, -0.25) is 9.59 Å². The Morgan fingerprint density at radius 1 is 0.407 bits per heavy atom. The molecule has 0 atom stereocenters. The number of thiophene rings is 6. The fraction of sp³-hybridized carbons (Fsp3) is 0.565. The van der Waals surface area contributed by atoms with Crippen molar-refractivity contribution in [2.45, 2.75) is 167 Å². The van der Waals surface area contributed by atoms with Crippen LogP contribution in [0.15, 0.2) is 12.1 Å². The Balaban J connectivity index is 1.37. The molecule has 0 saturated carbocycles. The second-order valence-corrected chi connectivity index (χ2v) is 22.5. The third-order valence-electron chi connectivity index (χ3n) is 12.7. The van der Waals surface area contributed by atoms with Gasteiger partial charge in [0.1, 0.15) is 0 Å². The van der Waals surface area contributed by atoms with E-state index in [2.05, 4.69) is 62.5 Å². The van der Waals surface area contributed by atoms with Crippen molar-refractivity contribution in [3.05, 3.63) is 44.1 Å². The van der Waals surface area contributed by atoms with Crippen LogP contribution in [0.25, 0.3) is 47.7 Å². The molecule has 8 rings (SSSR count). The summed E-state index contributed by atoms with van der Waals surface area (Å²) in [6.07, 6.45) is 27.4. The number of carbonyl (C=O) groups is 2. The minimum absolute atomic E-state index is 0.00858. The van der Waals surface area contributed by atoms with E-state index in [4.69, 9.17) is 0 Å². The van der Waals surface area contributed by atoms with Crippen LogP contribution in [-0.2, 0) is 10.8 Å². The highest BCUT2D eigenvalue weighted by atomic mass is 32.1. The first-order chi connectivity index (χ1) is 26.5.